The van der Waals surface area contributed by atoms with Gasteiger partial charge in [0.1, 0.15) is 5.60 Å². The average molecular weight is 262 g/mol. The van der Waals surface area contributed by atoms with E-state index in [9.17, 15) is 5.11 Å². The molecular formula is C17H14N2O. The van der Waals surface area contributed by atoms with Crippen molar-refractivity contribution in [1.82, 2.24) is 9.97 Å². The van der Waals surface area contributed by atoms with E-state index in [-0.39, 0.29) is 0 Å². The van der Waals surface area contributed by atoms with E-state index in [4.69, 9.17) is 0 Å². The molecule has 1 aromatic carbocycles. The fraction of sp³-hybridized carbons (Fsp3) is 0.0588. The van der Waals surface area contributed by atoms with E-state index in [0.29, 0.717) is 0 Å². The molecule has 3 nitrogen and oxygen atoms in total. The molecule has 3 heteroatoms. The van der Waals surface area contributed by atoms with Gasteiger partial charge in [-0.2, -0.15) is 0 Å². The maximum absolute atomic E-state index is 11.4. The topological polar surface area (TPSA) is 46.0 Å². The van der Waals surface area contributed by atoms with Crippen molar-refractivity contribution in [3.8, 4) is 0 Å². The van der Waals surface area contributed by atoms with Crippen molar-refractivity contribution in [2.45, 2.75) is 5.60 Å². The molecule has 0 aliphatic carbocycles. The highest BCUT2D eigenvalue weighted by molar-refractivity contribution is 5.45. The quantitative estimate of drug-likeness (QED) is 0.789. The van der Waals surface area contributed by atoms with Crippen molar-refractivity contribution < 1.29 is 5.11 Å². The number of rotatable bonds is 3. The molecule has 20 heavy (non-hydrogen) atoms. The fourth-order valence-electron chi connectivity index (χ4n) is 2.37. The summed E-state index contributed by atoms with van der Waals surface area (Å²) in [5.74, 6) is 0. The lowest BCUT2D eigenvalue weighted by Gasteiger charge is -2.29. The summed E-state index contributed by atoms with van der Waals surface area (Å²) < 4.78 is 0. The smallest absolute Gasteiger partial charge is 0.140 e. The van der Waals surface area contributed by atoms with Crippen molar-refractivity contribution in [3.63, 3.8) is 0 Å². The van der Waals surface area contributed by atoms with Gasteiger partial charge in [0, 0.05) is 24.8 Å². The largest absolute Gasteiger partial charge is 0.376 e. The second-order valence-corrected chi connectivity index (χ2v) is 4.55. The van der Waals surface area contributed by atoms with Crippen molar-refractivity contribution in [2.75, 3.05) is 0 Å². The van der Waals surface area contributed by atoms with Gasteiger partial charge in [-0.15, -0.1) is 0 Å². The van der Waals surface area contributed by atoms with Gasteiger partial charge in [-0.3, -0.25) is 9.97 Å². The summed E-state index contributed by atoms with van der Waals surface area (Å²) in [6.07, 6.45) is 6.74. The number of hydrogen-bond donors (Lipinski definition) is 1. The molecule has 1 N–H and O–H groups in total. The van der Waals surface area contributed by atoms with Crippen molar-refractivity contribution in [3.05, 3.63) is 96.1 Å². The van der Waals surface area contributed by atoms with Crippen LogP contribution in [0.4, 0.5) is 0 Å². The Morgan fingerprint density at radius 1 is 0.600 bits per heavy atom. The summed E-state index contributed by atoms with van der Waals surface area (Å²) in [5, 5.41) is 11.4. The molecule has 0 spiro atoms. The predicted molar refractivity (Wildman–Crippen MR) is 77.0 cm³/mol. The van der Waals surface area contributed by atoms with Crippen LogP contribution in [-0.2, 0) is 5.60 Å². The third-order valence-corrected chi connectivity index (χ3v) is 3.39. The van der Waals surface area contributed by atoms with E-state index in [1.165, 1.54) is 0 Å². The van der Waals surface area contributed by atoms with Gasteiger partial charge in [0.25, 0.3) is 0 Å². The third kappa shape index (κ3) is 2.08. The molecule has 0 atom stereocenters. The Hall–Kier alpha value is -2.52. The number of aromatic nitrogens is 2. The number of aliphatic hydroxyl groups is 1. The van der Waals surface area contributed by atoms with Crippen LogP contribution in [0.1, 0.15) is 16.7 Å². The molecule has 0 saturated heterocycles. The van der Waals surface area contributed by atoms with E-state index in [1.54, 1.807) is 24.8 Å². The average Bonchev–Trinajstić information content (AvgIpc) is 2.56. The molecule has 0 bridgehead atoms. The summed E-state index contributed by atoms with van der Waals surface area (Å²) in [7, 11) is 0. The first-order valence-electron chi connectivity index (χ1n) is 6.41. The molecule has 3 aromatic rings. The van der Waals surface area contributed by atoms with Gasteiger partial charge in [-0.05, 0) is 41.0 Å². The van der Waals surface area contributed by atoms with E-state index < -0.39 is 5.60 Å². The minimum atomic E-state index is -1.20. The molecule has 2 heterocycles. The SMILES string of the molecule is OC(c1ccccc1)(c1ccncc1)c1ccncc1. The van der Waals surface area contributed by atoms with Gasteiger partial charge in [-0.1, -0.05) is 30.3 Å². The molecule has 0 aliphatic heterocycles. The van der Waals surface area contributed by atoms with Crippen LogP contribution in [0.5, 0.6) is 0 Å². The normalized spacial score (nSPS) is 11.2. The lowest BCUT2D eigenvalue weighted by atomic mass is 9.81. The number of pyridine rings is 2. The van der Waals surface area contributed by atoms with E-state index in [2.05, 4.69) is 9.97 Å². The maximum Gasteiger partial charge on any atom is 0.140 e. The first-order chi connectivity index (χ1) is 9.82. The van der Waals surface area contributed by atoms with Crippen LogP contribution in [0.2, 0.25) is 0 Å². The van der Waals surface area contributed by atoms with Gasteiger partial charge in [0.05, 0.1) is 0 Å². The second kappa shape index (κ2) is 5.23. The van der Waals surface area contributed by atoms with Gasteiger partial charge in [0.15, 0.2) is 0 Å². The summed E-state index contributed by atoms with van der Waals surface area (Å²) in [6.45, 7) is 0. The van der Waals surface area contributed by atoms with Gasteiger partial charge in [-0.25, -0.2) is 0 Å². The Kier molecular flexibility index (Phi) is 3.27. The van der Waals surface area contributed by atoms with Crippen LogP contribution in [0.3, 0.4) is 0 Å². The zero-order valence-electron chi connectivity index (χ0n) is 10.8. The molecule has 0 saturated carbocycles. The first-order valence-corrected chi connectivity index (χ1v) is 6.41. The first kappa shape index (κ1) is 12.5. The Bertz CT molecular complexity index is 572. The predicted octanol–water partition coefficient (Wildman–Crippen LogP) is 2.76. The lowest BCUT2D eigenvalue weighted by Crippen LogP contribution is -2.28. The lowest BCUT2D eigenvalue weighted by molar-refractivity contribution is 0.125. The Morgan fingerprint density at radius 2 is 1.00 bits per heavy atom. The molecule has 98 valence electrons. The minimum Gasteiger partial charge on any atom is -0.376 e. The van der Waals surface area contributed by atoms with Crippen LogP contribution >= 0.6 is 0 Å². The van der Waals surface area contributed by atoms with E-state index in [1.807, 2.05) is 54.6 Å². The summed E-state index contributed by atoms with van der Waals surface area (Å²) >= 11 is 0. The molecule has 0 radical (unpaired) electrons. The molecule has 0 aliphatic rings. The van der Waals surface area contributed by atoms with Crippen molar-refractivity contribution in [2.24, 2.45) is 0 Å². The van der Waals surface area contributed by atoms with E-state index in [0.717, 1.165) is 16.7 Å². The van der Waals surface area contributed by atoms with Crippen LogP contribution in [0.25, 0.3) is 0 Å². The standard InChI is InChI=1S/C17H14N2O/c20-17(14-4-2-1-3-5-14,15-6-10-18-11-7-15)16-8-12-19-13-9-16/h1-13,20H. The van der Waals surface area contributed by atoms with Gasteiger partial charge >= 0.3 is 0 Å². The number of hydrogen-bond acceptors (Lipinski definition) is 3. The molecule has 3 rings (SSSR count). The van der Waals surface area contributed by atoms with Crippen LogP contribution in [-0.4, -0.2) is 15.1 Å². The Labute approximate surface area is 117 Å². The highest BCUT2D eigenvalue weighted by atomic mass is 16.3. The number of nitrogens with zero attached hydrogens (tertiary/aromatic N) is 2. The summed E-state index contributed by atoms with van der Waals surface area (Å²) in [5.41, 5.74) is 1.18. The van der Waals surface area contributed by atoms with Gasteiger partial charge < -0.3 is 5.11 Å². The van der Waals surface area contributed by atoms with Crippen molar-refractivity contribution >= 4 is 0 Å². The molecule has 0 fully saturated rings. The van der Waals surface area contributed by atoms with E-state index >= 15 is 0 Å². The zero-order valence-corrected chi connectivity index (χ0v) is 10.8. The van der Waals surface area contributed by atoms with Crippen LogP contribution < -0.4 is 0 Å². The molecule has 2 aromatic heterocycles. The molecule has 0 unspecified atom stereocenters. The number of benzene rings is 1. The zero-order chi connectivity index (χ0) is 13.8. The second-order valence-electron chi connectivity index (χ2n) is 4.55. The Morgan fingerprint density at radius 3 is 1.45 bits per heavy atom. The highest BCUT2D eigenvalue weighted by Gasteiger charge is 2.33. The fourth-order valence-corrected chi connectivity index (χ4v) is 2.37. The third-order valence-electron chi connectivity index (χ3n) is 3.39. The monoisotopic (exact) mass is 262 g/mol. The Balaban J connectivity index is 2.24. The molecular weight excluding hydrogens is 248 g/mol. The van der Waals surface area contributed by atoms with Gasteiger partial charge in [0.2, 0.25) is 0 Å². The van der Waals surface area contributed by atoms with Crippen LogP contribution in [0, 0.1) is 0 Å². The molecule has 0 amide bonds. The summed E-state index contributed by atoms with van der Waals surface area (Å²) in [4.78, 5) is 8.05. The minimum absolute atomic E-state index is 0.782. The maximum atomic E-state index is 11.4. The van der Waals surface area contributed by atoms with Crippen LogP contribution in [0.15, 0.2) is 79.4 Å². The van der Waals surface area contributed by atoms with Crippen molar-refractivity contribution in [1.29, 1.82) is 0 Å². The summed E-state index contributed by atoms with van der Waals surface area (Å²) in [6, 6.07) is 16.9. The highest BCUT2D eigenvalue weighted by Crippen LogP contribution is 2.35.